The molecule has 0 atom stereocenters. The SMILES string of the molecule is CCCc1nnc(NCC(=O)c2ccc(OC)c(F)c2)s1. The summed E-state index contributed by atoms with van der Waals surface area (Å²) in [6, 6.07) is 4.15. The maximum absolute atomic E-state index is 13.5. The van der Waals surface area contributed by atoms with Gasteiger partial charge >= 0.3 is 0 Å². The quantitative estimate of drug-likeness (QED) is 0.797. The number of aromatic nitrogens is 2. The minimum Gasteiger partial charge on any atom is -0.494 e. The summed E-state index contributed by atoms with van der Waals surface area (Å²) in [5.74, 6) is -0.652. The molecule has 0 bridgehead atoms. The molecule has 5 nitrogen and oxygen atoms in total. The summed E-state index contributed by atoms with van der Waals surface area (Å²) in [5.41, 5.74) is 0.291. The smallest absolute Gasteiger partial charge is 0.206 e. The molecule has 0 saturated heterocycles. The minimum absolute atomic E-state index is 0.0481. The number of benzene rings is 1. The van der Waals surface area contributed by atoms with Crippen molar-refractivity contribution in [2.75, 3.05) is 19.0 Å². The predicted octanol–water partition coefficient (Wildman–Crippen LogP) is 2.93. The van der Waals surface area contributed by atoms with Crippen molar-refractivity contribution in [2.45, 2.75) is 19.8 Å². The van der Waals surface area contributed by atoms with Gasteiger partial charge in [0.1, 0.15) is 5.01 Å². The lowest BCUT2D eigenvalue weighted by atomic mass is 10.1. The summed E-state index contributed by atoms with van der Waals surface area (Å²) in [6.07, 6.45) is 1.87. The molecule has 1 N–H and O–H groups in total. The van der Waals surface area contributed by atoms with E-state index < -0.39 is 5.82 Å². The van der Waals surface area contributed by atoms with E-state index in [-0.39, 0.29) is 18.1 Å². The van der Waals surface area contributed by atoms with Gasteiger partial charge < -0.3 is 10.1 Å². The molecule has 7 heteroatoms. The third-order valence-electron chi connectivity index (χ3n) is 2.80. The van der Waals surface area contributed by atoms with Gasteiger partial charge in [0.15, 0.2) is 17.3 Å². The molecular weight excluding hydrogens is 293 g/mol. The molecule has 2 aromatic rings. The van der Waals surface area contributed by atoms with E-state index in [2.05, 4.69) is 22.4 Å². The highest BCUT2D eigenvalue weighted by Gasteiger charge is 2.11. The van der Waals surface area contributed by atoms with Gasteiger partial charge in [0, 0.05) is 12.0 Å². The van der Waals surface area contributed by atoms with Gasteiger partial charge in [-0.05, 0) is 24.6 Å². The van der Waals surface area contributed by atoms with Gasteiger partial charge in [0.2, 0.25) is 5.13 Å². The Morgan fingerprint density at radius 3 is 2.90 bits per heavy atom. The van der Waals surface area contributed by atoms with Gasteiger partial charge in [-0.25, -0.2) is 4.39 Å². The lowest BCUT2D eigenvalue weighted by Gasteiger charge is -2.05. The molecule has 0 unspecified atom stereocenters. The van der Waals surface area contributed by atoms with Crippen molar-refractivity contribution in [3.8, 4) is 5.75 Å². The zero-order valence-corrected chi connectivity index (χ0v) is 12.7. The Morgan fingerprint density at radius 1 is 1.43 bits per heavy atom. The molecule has 21 heavy (non-hydrogen) atoms. The molecule has 1 heterocycles. The first-order chi connectivity index (χ1) is 10.1. The largest absolute Gasteiger partial charge is 0.494 e. The van der Waals surface area contributed by atoms with E-state index in [4.69, 9.17) is 4.74 Å². The second kappa shape index (κ2) is 7.12. The molecule has 0 aliphatic carbocycles. The Balaban J connectivity index is 1.96. The van der Waals surface area contributed by atoms with Crippen molar-refractivity contribution in [1.29, 1.82) is 0 Å². The van der Waals surface area contributed by atoms with Crippen LogP contribution in [0.4, 0.5) is 9.52 Å². The number of carbonyl (C=O) groups is 1. The molecule has 2 rings (SSSR count). The number of carbonyl (C=O) groups excluding carboxylic acids is 1. The van der Waals surface area contributed by atoms with Crippen molar-refractivity contribution in [3.05, 3.63) is 34.6 Å². The predicted molar refractivity (Wildman–Crippen MR) is 79.7 cm³/mol. The fourth-order valence-electron chi connectivity index (χ4n) is 1.74. The average Bonchev–Trinajstić information content (AvgIpc) is 2.93. The van der Waals surface area contributed by atoms with Gasteiger partial charge in [0.05, 0.1) is 13.7 Å². The first-order valence-electron chi connectivity index (χ1n) is 6.57. The highest BCUT2D eigenvalue weighted by molar-refractivity contribution is 7.15. The minimum atomic E-state index is -0.551. The monoisotopic (exact) mass is 309 g/mol. The summed E-state index contributed by atoms with van der Waals surface area (Å²) < 4.78 is 18.4. The van der Waals surface area contributed by atoms with E-state index in [1.54, 1.807) is 0 Å². The zero-order valence-electron chi connectivity index (χ0n) is 11.9. The highest BCUT2D eigenvalue weighted by atomic mass is 32.1. The number of ketones is 1. The molecule has 1 aromatic heterocycles. The Labute approximate surface area is 126 Å². The van der Waals surface area contributed by atoms with Gasteiger partial charge in [-0.3, -0.25) is 4.79 Å². The fourth-order valence-corrected chi connectivity index (χ4v) is 2.57. The number of nitrogens with zero attached hydrogens (tertiary/aromatic N) is 2. The van der Waals surface area contributed by atoms with Crippen LogP contribution in [0.3, 0.4) is 0 Å². The number of halogens is 1. The van der Waals surface area contributed by atoms with Crippen LogP contribution in [-0.4, -0.2) is 29.6 Å². The lowest BCUT2D eigenvalue weighted by molar-refractivity contribution is 0.101. The molecule has 1 aromatic carbocycles. The first kappa shape index (κ1) is 15.4. The van der Waals surface area contributed by atoms with Crippen molar-refractivity contribution in [1.82, 2.24) is 10.2 Å². The summed E-state index contributed by atoms with van der Waals surface area (Å²) in [7, 11) is 1.38. The number of rotatable bonds is 7. The van der Waals surface area contributed by atoms with Crippen molar-refractivity contribution < 1.29 is 13.9 Å². The zero-order chi connectivity index (χ0) is 15.2. The van der Waals surface area contributed by atoms with Crippen LogP contribution in [0.1, 0.15) is 28.7 Å². The van der Waals surface area contributed by atoms with Crippen molar-refractivity contribution >= 4 is 22.3 Å². The van der Waals surface area contributed by atoms with Crippen LogP contribution in [0.15, 0.2) is 18.2 Å². The molecule has 0 radical (unpaired) electrons. The number of ether oxygens (including phenoxy) is 1. The van der Waals surface area contributed by atoms with Gasteiger partial charge in [-0.1, -0.05) is 18.3 Å². The van der Waals surface area contributed by atoms with E-state index in [1.165, 1.54) is 36.6 Å². The normalized spacial score (nSPS) is 10.4. The van der Waals surface area contributed by atoms with Crippen LogP contribution >= 0.6 is 11.3 Å². The Kier molecular flexibility index (Phi) is 5.21. The maximum Gasteiger partial charge on any atom is 0.206 e. The number of hydrogen-bond donors (Lipinski definition) is 1. The number of nitrogens with one attached hydrogen (secondary N) is 1. The molecule has 0 amide bonds. The Hall–Kier alpha value is -2.02. The van der Waals surface area contributed by atoms with Crippen molar-refractivity contribution in [3.63, 3.8) is 0 Å². The molecule has 112 valence electrons. The second-order valence-corrected chi connectivity index (χ2v) is 5.44. The van der Waals surface area contributed by atoms with E-state index in [1.807, 2.05) is 0 Å². The van der Waals surface area contributed by atoms with Crippen LogP contribution in [0, 0.1) is 5.82 Å². The third kappa shape index (κ3) is 3.98. The molecular formula is C14H16FN3O2S. The molecule has 0 spiro atoms. The number of anilines is 1. The number of hydrogen-bond acceptors (Lipinski definition) is 6. The fraction of sp³-hybridized carbons (Fsp3) is 0.357. The lowest BCUT2D eigenvalue weighted by Crippen LogP contribution is -2.14. The molecule has 0 aliphatic rings. The van der Waals surface area contributed by atoms with Gasteiger partial charge in [0.25, 0.3) is 0 Å². The van der Waals surface area contributed by atoms with Crippen LogP contribution in [0.25, 0.3) is 0 Å². The molecule has 0 saturated carbocycles. The standard InChI is InChI=1S/C14H16FN3O2S/c1-3-4-13-17-18-14(21-13)16-8-11(19)9-5-6-12(20-2)10(15)7-9/h5-7H,3-4,8H2,1-2H3,(H,16,18). The Morgan fingerprint density at radius 2 is 2.24 bits per heavy atom. The van der Waals surface area contributed by atoms with Crippen molar-refractivity contribution in [2.24, 2.45) is 0 Å². The van der Waals surface area contributed by atoms with Crippen LogP contribution < -0.4 is 10.1 Å². The van der Waals surface area contributed by atoms with E-state index in [0.29, 0.717) is 10.7 Å². The van der Waals surface area contributed by atoms with E-state index in [0.717, 1.165) is 17.8 Å². The third-order valence-corrected chi connectivity index (χ3v) is 3.75. The van der Waals surface area contributed by atoms with E-state index in [9.17, 15) is 9.18 Å². The number of aryl methyl sites for hydroxylation is 1. The number of Topliss-reactive ketones (excluding diaryl/α,β-unsaturated/α-hetero) is 1. The van der Waals surface area contributed by atoms with Crippen LogP contribution in [0.5, 0.6) is 5.75 Å². The number of methoxy groups -OCH3 is 1. The summed E-state index contributed by atoms with van der Waals surface area (Å²) in [5, 5.41) is 12.4. The second-order valence-electron chi connectivity index (χ2n) is 4.38. The van der Waals surface area contributed by atoms with Crippen LogP contribution in [-0.2, 0) is 6.42 Å². The van der Waals surface area contributed by atoms with Gasteiger partial charge in [-0.2, -0.15) is 0 Å². The first-order valence-corrected chi connectivity index (χ1v) is 7.38. The summed E-state index contributed by atoms with van der Waals surface area (Å²) >= 11 is 1.42. The topological polar surface area (TPSA) is 64.1 Å². The highest BCUT2D eigenvalue weighted by Crippen LogP contribution is 2.19. The van der Waals surface area contributed by atoms with Crippen LogP contribution in [0.2, 0.25) is 0 Å². The van der Waals surface area contributed by atoms with Gasteiger partial charge in [-0.15, -0.1) is 10.2 Å². The molecule has 0 aliphatic heterocycles. The van der Waals surface area contributed by atoms with E-state index >= 15 is 0 Å². The summed E-state index contributed by atoms with van der Waals surface area (Å²) in [4.78, 5) is 12.0. The maximum atomic E-state index is 13.5. The molecule has 0 fully saturated rings. The Bertz CT molecular complexity index is 630. The average molecular weight is 309 g/mol. The summed E-state index contributed by atoms with van der Waals surface area (Å²) in [6.45, 7) is 2.11.